The van der Waals surface area contributed by atoms with Crippen molar-refractivity contribution in [3.8, 4) is 28.5 Å². The van der Waals surface area contributed by atoms with Crippen molar-refractivity contribution >= 4 is 34.0 Å². The number of benzene rings is 2. The molecule has 0 saturated heterocycles. The third-order valence-electron chi connectivity index (χ3n) is 5.55. The Hall–Kier alpha value is -3.59. The highest BCUT2D eigenvalue weighted by Gasteiger charge is 2.23. The van der Waals surface area contributed by atoms with E-state index in [4.69, 9.17) is 14.2 Å². The van der Waals surface area contributed by atoms with E-state index in [0.29, 0.717) is 54.3 Å². The first-order chi connectivity index (χ1) is 16.9. The molecule has 35 heavy (non-hydrogen) atoms. The van der Waals surface area contributed by atoms with Gasteiger partial charge in [-0.15, -0.1) is 11.3 Å². The van der Waals surface area contributed by atoms with Gasteiger partial charge in [-0.1, -0.05) is 12.1 Å². The van der Waals surface area contributed by atoms with Crippen LogP contribution in [-0.4, -0.2) is 43.2 Å². The van der Waals surface area contributed by atoms with Crippen molar-refractivity contribution in [1.29, 1.82) is 0 Å². The van der Waals surface area contributed by atoms with E-state index in [1.54, 1.807) is 24.0 Å². The van der Waals surface area contributed by atoms with Gasteiger partial charge in [0.15, 0.2) is 16.6 Å². The van der Waals surface area contributed by atoms with Gasteiger partial charge in [0, 0.05) is 35.7 Å². The highest BCUT2D eigenvalue weighted by atomic mass is 32.1. The van der Waals surface area contributed by atoms with Gasteiger partial charge in [0.05, 0.1) is 25.5 Å². The maximum Gasteiger partial charge on any atom is 0.257 e. The predicted octanol–water partition coefficient (Wildman–Crippen LogP) is 5.17. The number of amides is 2. The van der Waals surface area contributed by atoms with E-state index >= 15 is 0 Å². The molecule has 4 rings (SSSR count). The van der Waals surface area contributed by atoms with Gasteiger partial charge in [-0.25, -0.2) is 4.98 Å². The van der Waals surface area contributed by atoms with Crippen molar-refractivity contribution in [2.45, 2.75) is 34.1 Å². The summed E-state index contributed by atoms with van der Waals surface area (Å²) in [6, 6.07) is 9.32. The summed E-state index contributed by atoms with van der Waals surface area (Å²) in [6.07, 6.45) is 0.850. The average molecular weight is 496 g/mol. The Kier molecular flexibility index (Phi) is 7.55. The number of anilines is 2. The van der Waals surface area contributed by atoms with Gasteiger partial charge in [-0.05, 0) is 51.0 Å². The lowest BCUT2D eigenvalue weighted by molar-refractivity contribution is -0.116. The minimum absolute atomic E-state index is 0.0281. The molecule has 184 valence electrons. The fourth-order valence-electron chi connectivity index (χ4n) is 4.02. The fourth-order valence-corrected chi connectivity index (χ4v) is 4.73. The van der Waals surface area contributed by atoms with Gasteiger partial charge >= 0.3 is 0 Å². The molecule has 8 nitrogen and oxygen atoms in total. The Morgan fingerprint density at radius 3 is 2.34 bits per heavy atom. The van der Waals surface area contributed by atoms with Crippen LogP contribution in [0.2, 0.25) is 0 Å². The van der Waals surface area contributed by atoms with Crippen molar-refractivity contribution < 1.29 is 23.8 Å². The Morgan fingerprint density at radius 1 is 1.03 bits per heavy atom. The molecule has 0 atom stereocenters. The second-order valence-electron chi connectivity index (χ2n) is 7.86. The second-order valence-corrected chi connectivity index (χ2v) is 8.71. The van der Waals surface area contributed by atoms with Gasteiger partial charge < -0.3 is 19.1 Å². The van der Waals surface area contributed by atoms with Crippen LogP contribution in [-0.2, 0) is 11.2 Å². The summed E-state index contributed by atoms with van der Waals surface area (Å²) in [6.45, 7) is 9.19. The molecular weight excluding hydrogens is 466 g/mol. The van der Waals surface area contributed by atoms with E-state index in [0.717, 1.165) is 28.9 Å². The highest BCUT2D eigenvalue weighted by Crippen LogP contribution is 2.39. The van der Waals surface area contributed by atoms with Crippen LogP contribution in [0.4, 0.5) is 10.8 Å². The van der Waals surface area contributed by atoms with Crippen LogP contribution in [0.3, 0.4) is 0 Å². The Balaban J connectivity index is 1.57. The summed E-state index contributed by atoms with van der Waals surface area (Å²) in [5, 5.41) is 5.23. The van der Waals surface area contributed by atoms with Crippen LogP contribution < -0.4 is 24.4 Å². The molecule has 0 unspecified atom stereocenters. The number of thiazole rings is 1. The number of rotatable bonds is 9. The number of nitrogens with zero attached hydrogens (tertiary/aromatic N) is 2. The second kappa shape index (κ2) is 10.8. The summed E-state index contributed by atoms with van der Waals surface area (Å²) in [4.78, 5) is 31.4. The molecule has 1 aromatic heterocycles. The van der Waals surface area contributed by atoms with Gasteiger partial charge in [0.25, 0.3) is 5.91 Å². The van der Waals surface area contributed by atoms with Crippen LogP contribution in [0.1, 0.15) is 43.6 Å². The summed E-state index contributed by atoms with van der Waals surface area (Å²) in [5.41, 5.74) is 4.09. The molecule has 0 spiro atoms. The first kappa shape index (κ1) is 24.5. The average Bonchev–Trinajstić information content (AvgIpc) is 3.48. The largest absolute Gasteiger partial charge is 0.490 e. The van der Waals surface area contributed by atoms with Gasteiger partial charge in [0.1, 0.15) is 0 Å². The predicted molar refractivity (Wildman–Crippen MR) is 137 cm³/mol. The van der Waals surface area contributed by atoms with Crippen LogP contribution in [0.15, 0.2) is 35.7 Å². The van der Waals surface area contributed by atoms with Gasteiger partial charge in [0.2, 0.25) is 11.7 Å². The number of aromatic nitrogens is 1. The molecule has 0 saturated carbocycles. The molecule has 2 heterocycles. The third kappa shape index (κ3) is 5.24. The summed E-state index contributed by atoms with van der Waals surface area (Å²) in [5.74, 6) is 1.10. The van der Waals surface area contributed by atoms with Gasteiger partial charge in [-0.3, -0.25) is 14.9 Å². The van der Waals surface area contributed by atoms with Crippen LogP contribution in [0.5, 0.6) is 17.2 Å². The normalized spacial score (nSPS) is 12.3. The molecule has 2 amide bonds. The van der Waals surface area contributed by atoms with Crippen LogP contribution >= 0.6 is 11.3 Å². The molecule has 1 N–H and O–H groups in total. The summed E-state index contributed by atoms with van der Waals surface area (Å²) < 4.78 is 17.1. The molecule has 0 bridgehead atoms. The van der Waals surface area contributed by atoms with E-state index in [2.05, 4.69) is 10.3 Å². The number of hydrogen-bond acceptors (Lipinski definition) is 7. The molecule has 0 fully saturated rings. The van der Waals surface area contributed by atoms with Crippen molar-refractivity contribution in [1.82, 2.24) is 4.98 Å². The monoisotopic (exact) mass is 495 g/mol. The zero-order valence-electron chi connectivity index (χ0n) is 20.3. The van der Waals surface area contributed by atoms with E-state index in [1.807, 2.05) is 44.4 Å². The first-order valence-electron chi connectivity index (χ1n) is 11.7. The minimum atomic E-state index is -0.326. The maximum absolute atomic E-state index is 13.1. The van der Waals surface area contributed by atoms with Crippen molar-refractivity contribution in [2.75, 3.05) is 36.6 Å². The summed E-state index contributed by atoms with van der Waals surface area (Å²) in [7, 11) is 0. The van der Waals surface area contributed by atoms with E-state index in [9.17, 15) is 9.59 Å². The molecular formula is C26H29N3O5S. The van der Waals surface area contributed by atoms with Crippen LogP contribution in [0, 0.1) is 0 Å². The number of nitrogens with one attached hydrogen (secondary N) is 1. The molecule has 0 aliphatic carbocycles. The van der Waals surface area contributed by atoms with Crippen LogP contribution in [0.25, 0.3) is 11.3 Å². The van der Waals surface area contributed by atoms with E-state index in [1.165, 1.54) is 11.3 Å². The number of ether oxygens (including phenoxy) is 3. The lowest BCUT2D eigenvalue weighted by atomic mass is 10.1. The third-order valence-corrected chi connectivity index (χ3v) is 6.31. The summed E-state index contributed by atoms with van der Waals surface area (Å²) >= 11 is 1.34. The molecule has 1 aliphatic heterocycles. The minimum Gasteiger partial charge on any atom is -0.490 e. The Morgan fingerprint density at radius 2 is 1.71 bits per heavy atom. The zero-order chi connectivity index (χ0) is 24.9. The number of carbonyl (C=O) groups excluding carboxylic acids is 2. The van der Waals surface area contributed by atoms with Crippen molar-refractivity contribution in [3.05, 3.63) is 46.8 Å². The number of hydrogen-bond donors (Lipinski definition) is 1. The first-order valence-corrected chi connectivity index (χ1v) is 12.6. The van der Waals surface area contributed by atoms with E-state index < -0.39 is 0 Å². The lowest BCUT2D eigenvalue weighted by Gasteiger charge is -2.16. The SMILES string of the molecule is CCOc1cc(C(=O)Nc2nc(-c3ccc4c(c3)N(C(C)=O)CC4)cs2)cc(OCC)c1OCC. The highest BCUT2D eigenvalue weighted by molar-refractivity contribution is 7.14. The number of carbonyl (C=O) groups is 2. The molecule has 0 radical (unpaired) electrons. The quantitative estimate of drug-likeness (QED) is 0.441. The standard InChI is InChI=1S/C26H29N3O5S/c1-5-32-22-13-19(14-23(33-6-2)24(22)34-7-3)25(31)28-26-27-20(15-35-26)18-9-8-17-10-11-29(16(4)30)21(17)12-18/h8-9,12-15H,5-7,10-11H2,1-4H3,(H,27,28,31). The van der Waals surface area contributed by atoms with Crippen molar-refractivity contribution in [3.63, 3.8) is 0 Å². The fraction of sp³-hybridized carbons (Fsp3) is 0.346. The molecule has 3 aromatic rings. The Bertz CT molecular complexity index is 1210. The van der Waals surface area contributed by atoms with Crippen molar-refractivity contribution in [2.24, 2.45) is 0 Å². The molecule has 9 heteroatoms. The van der Waals surface area contributed by atoms with Gasteiger partial charge in [-0.2, -0.15) is 0 Å². The lowest BCUT2D eigenvalue weighted by Crippen LogP contribution is -2.25. The Labute approximate surface area is 208 Å². The number of fused-ring (bicyclic) bond motifs is 1. The van der Waals surface area contributed by atoms with E-state index in [-0.39, 0.29) is 11.8 Å². The topological polar surface area (TPSA) is 90.0 Å². The zero-order valence-corrected chi connectivity index (χ0v) is 21.2. The molecule has 1 aliphatic rings. The maximum atomic E-state index is 13.1. The molecule has 2 aromatic carbocycles. The smallest absolute Gasteiger partial charge is 0.257 e.